The molecule has 1 aromatic heterocycles. The van der Waals surface area contributed by atoms with Crippen molar-refractivity contribution in [2.75, 3.05) is 13.1 Å². The minimum absolute atomic E-state index is 0.470. The fourth-order valence-electron chi connectivity index (χ4n) is 4.43. The van der Waals surface area contributed by atoms with Crippen LogP contribution in [0.25, 0.3) is 11.3 Å². The summed E-state index contributed by atoms with van der Waals surface area (Å²) in [6, 6.07) is 21.7. The smallest absolute Gasteiger partial charge is 0.116 e. The number of fused-ring (bicyclic) bond motifs is 3. The summed E-state index contributed by atoms with van der Waals surface area (Å²) < 4.78 is 2.22. The molecule has 0 saturated carbocycles. The SMILES string of the molecule is c1ccc(CN2C[C@H]3CCc4c(-c5ccccc5)nnn4[C@@H]3C2)cc1. The molecular weight excluding hydrogens is 308 g/mol. The van der Waals surface area contributed by atoms with Gasteiger partial charge in [-0.15, -0.1) is 5.10 Å². The van der Waals surface area contributed by atoms with Gasteiger partial charge in [0, 0.05) is 25.2 Å². The number of rotatable bonds is 3. The Morgan fingerprint density at radius 1 is 0.920 bits per heavy atom. The Balaban J connectivity index is 1.40. The van der Waals surface area contributed by atoms with Crippen LogP contribution in [-0.2, 0) is 13.0 Å². The molecule has 0 N–H and O–H groups in total. The molecule has 2 aromatic carbocycles. The normalized spacial score (nSPS) is 22.6. The molecule has 3 heterocycles. The molecule has 0 spiro atoms. The molecule has 25 heavy (non-hydrogen) atoms. The van der Waals surface area contributed by atoms with Crippen LogP contribution in [0.4, 0.5) is 0 Å². The van der Waals surface area contributed by atoms with Crippen LogP contribution in [0.5, 0.6) is 0 Å². The number of likely N-dealkylation sites (tertiary alicyclic amines) is 1. The van der Waals surface area contributed by atoms with Crippen molar-refractivity contribution in [3.8, 4) is 11.3 Å². The summed E-state index contributed by atoms with van der Waals surface area (Å²) >= 11 is 0. The van der Waals surface area contributed by atoms with Crippen LogP contribution in [0.15, 0.2) is 60.7 Å². The van der Waals surface area contributed by atoms with E-state index in [4.69, 9.17) is 0 Å². The van der Waals surface area contributed by atoms with Gasteiger partial charge in [0.15, 0.2) is 0 Å². The van der Waals surface area contributed by atoms with Gasteiger partial charge in [-0.25, -0.2) is 4.68 Å². The lowest BCUT2D eigenvalue weighted by molar-refractivity contribution is 0.306. The Morgan fingerprint density at radius 2 is 1.68 bits per heavy atom. The number of aromatic nitrogens is 3. The van der Waals surface area contributed by atoms with E-state index in [-0.39, 0.29) is 0 Å². The van der Waals surface area contributed by atoms with Gasteiger partial charge in [0.1, 0.15) is 5.69 Å². The standard InChI is InChI=1S/C21H22N4/c1-3-7-16(8-4-1)13-24-14-18-11-12-19-21(17-9-5-2-6-10-17)22-23-25(19)20(18)15-24/h1-10,18,20H,11-15H2/t18-,20-/m1/s1. The average Bonchev–Trinajstić information content (AvgIpc) is 3.26. The maximum atomic E-state index is 4.56. The quantitative estimate of drug-likeness (QED) is 0.736. The van der Waals surface area contributed by atoms with E-state index in [0.717, 1.165) is 25.2 Å². The lowest BCUT2D eigenvalue weighted by Crippen LogP contribution is -2.26. The van der Waals surface area contributed by atoms with Crippen LogP contribution >= 0.6 is 0 Å². The Morgan fingerprint density at radius 3 is 2.48 bits per heavy atom. The molecule has 4 heteroatoms. The maximum Gasteiger partial charge on any atom is 0.116 e. The zero-order valence-corrected chi connectivity index (χ0v) is 14.3. The van der Waals surface area contributed by atoms with Crippen molar-refractivity contribution in [2.24, 2.45) is 5.92 Å². The third-order valence-corrected chi connectivity index (χ3v) is 5.64. The molecule has 0 amide bonds. The molecule has 0 bridgehead atoms. The Bertz CT molecular complexity index is 856. The first kappa shape index (κ1) is 14.8. The van der Waals surface area contributed by atoms with E-state index >= 15 is 0 Å². The second-order valence-corrected chi connectivity index (χ2v) is 7.24. The number of hydrogen-bond acceptors (Lipinski definition) is 3. The van der Waals surface area contributed by atoms with Crippen molar-refractivity contribution in [2.45, 2.75) is 25.4 Å². The highest BCUT2D eigenvalue weighted by molar-refractivity contribution is 5.61. The zero-order chi connectivity index (χ0) is 16.6. The van der Waals surface area contributed by atoms with Crippen molar-refractivity contribution in [3.05, 3.63) is 71.9 Å². The van der Waals surface area contributed by atoms with Crippen molar-refractivity contribution in [3.63, 3.8) is 0 Å². The topological polar surface area (TPSA) is 34.0 Å². The van der Waals surface area contributed by atoms with Gasteiger partial charge >= 0.3 is 0 Å². The molecule has 2 aliphatic heterocycles. The van der Waals surface area contributed by atoms with E-state index in [9.17, 15) is 0 Å². The van der Waals surface area contributed by atoms with E-state index in [1.54, 1.807) is 0 Å². The molecular formula is C21H22N4. The molecule has 126 valence electrons. The first-order chi connectivity index (χ1) is 12.4. The first-order valence-corrected chi connectivity index (χ1v) is 9.14. The second-order valence-electron chi connectivity index (χ2n) is 7.24. The molecule has 3 aromatic rings. The van der Waals surface area contributed by atoms with Crippen molar-refractivity contribution in [1.29, 1.82) is 0 Å². The summed E-state index contributed by atoms with van der Waals surface area (Å²) in [6.07, 6.45) is 2.32. The highest BCUT2D eigenvalue weighted by Crippen LogP contribution is 2.38. The minimum Gasteiger partial charge on any atom is -0.297 e. The molecule has 0 radical (unpaired) electrons. The van der Waals surface area contributed by atoms with E-state index in [1.807, 2.05) is 6.07 Å². The first-order valence-electron chi connectivity index (χ1n) is 9.14. The molecule has 2 atom stereocenters. The Hall–Kier alpha value is -2.46. The lowest BCUT2D eigenvalue weighted by Gasteiger charge is -2.25. The zero-order valence-electron chi connectivity index (χ0n) is 14.3. The third-order valence-electron chi connectivity index (χ3n) is 5.64. The number of hydrogen-bond donors (Lipinski definition) is 0. The van der Waals surface area contributed by atoms with E-state index < -0.39 is 0 Å². The van der Waals surface area contributed by atoms with E-state index in [2.05, 4.69) is 74.5 Å². The molecule has 5 rings (SSSR count). The van der Waals surface area contributed by atoms with Gasteiger partial charge in [0.25, 0.3) is 0 Å². The molecule has 1 fully saturated rings. The minimum atomic E-state index is 0.470. The average molecular weight is 330 g/mol. The molecule has 0 aliphatic carbocycles. The van der Waals surface area contributed by atoms with Gasteiger partial charge in [-0.3, -0.25) is 4.90 Å². The van der Waals surface area contributed by atoms with Crippen LogP contribution in [0.1, 0.15) is 23.7 Å². The van der Waals surface area contributed by atoms with Gasteiger partial charge in [0.2, 0.25) is 0 Å². The van der Waals surface area contributed by atoms with Gasteiger partial charge in [-0.2, -0.15) is 0 Å². The largest absolute Gasteiger partial charge is 0.297 e. The van der Waals surface area contributed by atoms with Crippen molar-refractivity contribution >= 4 is 0 Å². The Kier molecular flexibility index (Phi) is 3.63. The van der Waals surface area contributed by atoms with Crippen LogP contribution in [-0.4, -0.2) is 33.0 Å². The summed E-state index contributed by atoms with van der Waals surface area (Å²) in [7, 11) is 0. The maximum absolute atomic E-state index is 4.56. The summed E-state index contributed by atoms with van der Waals surface area (Å²) in [5.74, 6) is 0.696. The fourth-order valence-corrected chi connectivity index (χ4v) is 4.43. The van der Waals surface area contributed by atoms with Crippen molar-refractivity contribution < 1.29 is 0 Å². The molecule has 0 unspecified atom stereocenters. The highest BCUT2D eigenvalue weighted by Gasteiger charge is 2.39. The molecule has 1 saturated heterocycles. The van der Waals surface area contributed by atoms with Crippen LogP contribution in [0.2, 0.25) is 0 Å². The van der Waals surface area contributed by atoms with E-state index in [0.29, 0.717) is 12.0 Å². The van der Waals surface area contributed by atoms with Gasteiger partial charge in [0.05, 0.1) is 11.7 Å². The second kappa shape index (κ2) is 6.12. The van der Waals surface area contributed by atoms with Crippen LogP contribution in [0.3, 0.4) is 0 Å². The number of benzene rings is 2. The van der Waals surface area contributed by atoms with Gasteiger partial charge in [-0.1, -0.05) is 65.9 Å². The highest BCUT2D eigenvalue weighted by atomic mass is 15.5. The summed E-state index contributed by atoms with van der Waals surface area (Å²) in [5.41, 5.74) is 4.96. The summed E-state index contributed by atoms with van der Waals surface area (Å²) in [4.78, 5) is 2.57. The predicted molar refractivity (Wildman–Crippen MR) is 98.0 cm³/mol. The van der Waals surface area contributed by atoms with Gasteiger partial charge in [-0.05, 0) is 24.3 Å². The summed E-state index contributed by atoms with van der Waals surface area (Å²) in [6.45, 7) is 3.27. The summed E-state index contributed by atoms with van der Waals surface area (Å²) in [5, 5.41) is 9.09. The van der Waals surface area contributed by atoms with Crippen LogP contribution in [0, 0.1) is 5.92 Å². The third kappa shape index (κ3) is 2.67. The number of nitrogens with zero attached hydrogens (tertiary/aromatic N) is 4. The molecule has 4 nitrogen and oxygen atoms in total. The Labute approximate surface area is 148 Å². The van der Waals surface area contributed by atoms with Crippen LogP contribution < -0.4 is 0 Å². The van der Waals surface area contributed by atoms with Crippen molar-refractivity contribution in [1.82, 2.24) is 19.9 Å². The molecule has 2 aliphatic rings. The van der Waals surface area contributed by atoms with E-state index in [1.165, 1.54) is 29.8 Å². The lowest BCUT2D eigenvalue weighted by atomic mass is 9.91. The predicted octanol–water partition coefficient (Wildman–Crippen LogP) is 3.56. The van der Waals surface area contributed by atoms with Gasteiger partial charge < -0.3 is 0 Å². The fraction of sp³-hybridized carbons (Fsp3) is 0.333. The monoisotopic (exact) mass is 330 g/mol.